The second-order valence-corrected chi connectivity index (χ2v) is 10.1. The molecule has 2 atom stereocenters. The molecule has 0 saturated carbocycles. The van der Waals surface area contributed by atoms with Gasteiger partial charge in [0.15, 0.2) is 12.3 Å². The number of anilines is 2. The zero-order valence-electron chi connectivity index (χ0n) is 21.2. The molecular weight excluding hydrogens is 517 g/mol. The van der Waals surface area contributed by atoms with E-state index in [0.717, 1.165) is 17.7 Å². The van der Waals surface area contributed by atoms with Crippen molar-refractivity contribution in [2.75, 3.05) is 29.9 Å². The van der Waals surface area contributed by atoms with Crippen molar-refractivity contribution in [3.8, 4) is 5.75 Å². The molecule has 3 aliphatic heterocycles. The van der Waals surface area contributed by atoms with Crippen LogP contribution in [0.25, 0.3) is 11.0 Å². The molecule has 0 spiro atoms. The highest BCUT2D eigenvalue weighted by molar-refractivity contribution is 6.10. The molecule has 2 bridgehead atoms. The Labute approximate surface area is 227 Å². The van der Waals surface area contributed by atoms with E-state index in [2.05, 4.69) is 30.5 Å². The van der Waals surface area contributed by atoms with Crippen molar-refractivity contribution in [1.82, 2.24) is 25.2 Å². The molecule has 12 heteroatoms. The number of fused-ring (bicyclic) bond motifs is 4. The number of ether oxygens (including phenoxy) is 1. The number of carbonyl (C=O) groups excluding carboxylic acids is 3. The molecule has 0 aliphatic carbocycles. The number of benzene rings is 2. The summed E-state index contributed by atoms with van der Waals surface area (Å²) < 4.78 is 19.1. The van der Waals surface area contributed by atoms with Crippen molar-refractivity contribution in [2.24, 2.45) is 0 Å². The minimum Gasteiger partial charge on any atom is -0.482 e. The third-order valence-corrected chi connectivity index (χ3v) is 7.68. The van der Waals surface area contributed by atoms with Crippen molar-refractivity contribution in [1.29, 1.82) is 0 Å². The third-order valence-electron chi connectivity index (χ3n) is 7.68. The summed E-state index contributed by atoms with van der Waals surface area (Å²) in [5, 5.41) is 5.58. The molecule has 0 unspecified atom stereocenters. The third kappa shape index (κ3) is 4.08. The fourth-order valence-corrected chi connectivity index (χ4v) is 5.82. The average Bonchev–Trinajstić information content (AvgIpc) is 3.70. The van der Waals surface area contributed by atoms with E-state index < -0.39 is 5.91 Å². The summed E-state index contributed by atoms with van der Waals surface area (Å²) in [6, 6.07) is 11.9. The first-order chi connectivity index (χ1) is 19.4. The summed E-state index contributed by atoms with van der Waals surface area (Å²) >= 11 is 0. The number of aromatic nitrogens is 3. The van der Waals surface area contributed by atoms with Crippen molar-refractivity contribution in [3.63, 3.8) is 0 Å². The van der Waals surface area contributed by atoms with Gasteiger partial charge in [0.1, 0.15) is 23.4 Å². The number of likely N-dealkylation sites (tertiary alicyclic amines) is 1. The van der Waals surface area contributed by atoms with Crippen LogP contribution in [0.4, 0.5) is 15.8 Å². The summed E-state index contributed by atoms with van der Waals surface area (Å²) in [5.41, 5.74) is 3.39. The van der Waals surface area contributed by atoms with Crippen LogP contribution >= 0.6 is 0 Å². The van der Waals surface area contributed by atoms with Crippen molar-refractivity contribution >= 4 is 40.1 Å². The zero-order chi connectivity index (χ0) is 27.4. The molecule has 3 amide bonds. The maximum Gasteiger partial charge on any atom is 0.272 e. The van der Waals surface area contributed by atoms with Crippen LogP contribution in [-0.4, -0.2) is 69.4 Å². The first kappa shape index (κ1) is 24.1. The molecule has 202 valence electrons. The molecule has 2 aromatic heterocycles. The SMILES string of the molecule is O=C1COc2ccc(CNC(=O)c3ncnc4c(C(=O)N5C[C@@H]6C[C@H]5CN6c5cccc(F)c5)c[nH]c34)cc2N1. The number of halogens is 1. The van der Waals surface area contributed by atoms with E-state index in [1.807, 2.05) is 11.0 Å². The minimum absolute atomic E-state index is 0.00197. The van der Waals surface area contributed by atoms with Crippen molar-refractivity contribution in [2.45, 2.75) is 25.0 Å². The molecule has 3 aliphatic rings. The van der Waals surface area contributed by atoms with E-state index in [4.69, 9.17) is 4.74 Å². The number of hydrogen-bond donors (Lipinski definition) is 3. The molecule has 40 heavy (non-hydrogen) atoms. The predicted octanol–water partition coefficient (Wildman–Crippen LogP) is 2.46. The van der Waals surface area contributed by atoms with Gasteiger partial charge in [0.2, 0.25) is 0 Å². The normalized spacial score (nSPS) is 19.4. The summed E-state index contributed by atoms with van der Waals surface area (Å²) in [6.45, 7) is 1.32. The van der Waals surface area contributed by atoms with Gasteiger partial charge in [-0.15, -0.1) is 0 Å². The van der Waals surface area contributed by atoms with Gasteiger partial charge in [-0.3, -0.25) is 14.4 Å². The molecular formula is C28H24FN7O4. The molecule has 4 aromatic rings. The molecule has 5 heterocycles. The maximum absolute atomic E-state index is 13.7. The fourth-order valence-electron chi connectivity index (χ4n) is 5.82. The number of aromatic amines is 1. The first-order valence-electron chi connectivity index (χ1n) is 12.9. The second-order valence-electron chi connectivity index (χ2n) is 10.1. The second kappa shape index (κ2) is 9.33. The maximum atomic E-state index is 13.7. The van der Waals surface area contributed by atoms with Crippen LogP contribution in [0, 0.1) is 5.82 Å². The Morgan fingerprint density at radius 3 is 2.85 bits per heavy atom. The summed E-state index contributed by atoms with van der Waals surface area (Å²) in [6.07, 6.45) is 3.65. The minimum atomic E-state index is -0.433. The highest BCUT2D eigenvalue weighted by Crippen LogP contribution is 2.36. The topological polar surface area (TPSA) is 133 Å². The van der Waals surface area contributed by atoms with Crippen LogP contribution in [0.15, 0.2) is 55.0 Å². The lowest BCUT2D eigenvalue weighted by molar-refractivity contribution is -0.118. The Hall–Kier alpha value is -5.00. The molecule has 2 fully saturated rings. The number of nitrogens with zero attached hydrogens (tertiary/aromatic N) is 4. The molecule has 7 rings (SSSR count). The van der Waals surface area contributed by atoms with Gasteiger partial charge in [0, 0.05) is 37.6 Å². The van der Waals surface area contributed by atoms with Crippen LogP contribution in [0.3, 0.4) is 0 Å². The lowest BCUT2D eigenvalue weighted by atomic mass is 10.1. The molecule has 3 N–H and O–H groups in total. The van der Waals surface area contributed by atoms with Crippen LogP contribution in [0.5, 0.6) is 5.75 Å². The quantitative estimate of drug-likeness (QED) is 0.354. The molecule has 2 saturated heterocycles. The lowest BCUT2D eigenvalue weighted by Crippen LogP contribution is -2.48. The number of nitrogens with one attached hydrogen (secondary N) is 3. The van der Waals surface area contributed by atoms with Gasteiger partial charge in [0.25, 0.3) is 17.7 Å². The van der Waals surface area contributed by atoms with Crippen molar-refractivity contribution < 1.29 is 23.5 Å². The Morgan fingerprint density at radius 1 is 1.12 bits per heavy atom. The highest BCUT2D eigenvalue weighted by atomic mass is 19.1. The largest absolute Gasteiger partial charge is 0.482 e. The van der Waals surface area contributed by atoms with Gasteiger partial charge < -0.3 is 30.2 Å². The van der Waals surface area contributed by atoms with E-state index in [1.54, 1.807) is 30.5 Å². The zero-order valence-corrected chi connectivity index (χ0v) is 21.2. The highest BCUT2D eigenvalue weighted by Gasteiger charge is 2.46. The summed E-state index contributed by atoms with van der Waals surface area (Å²) in [4.78, 5) is 53.7. The predicted molar refractivity (Wildman–Crippen MR) is 143 cm³/mol. The Kier molecular flexibility index (Phi) is 5.61. The van der Waals surface area contributed by atoms with Gasteiger partial charge >= 0.3 is 0 Å². The van der Waals surface area contributed by atoms with Crippen LogP contribution in [0.2, 0.25) is 0 Å². The Morgan fingerprint density at radius 2 is 2.02 bits per heavy atom. The lowest BCUT2D eigenvalue weighted by Gasteiger charge is -2.35. The first-order valence-corrected chi connectivity index (χ1v) is 12.9. The number of piperazine rings is 1. The summed E-state index contributed by atoms with van der Waals surface area (Å²) in [5.74, 6) is -0.543. The molecule has 2 aromatic carbocycles. The van der Waals surface area contributed by atoms with E-state index in [0.29, 0.717) is 41.1 Å². The Balaban J connectivity index is 1.06. The number of carbonyl (C=O) groups is 3. The smallest absolute Gasteiger partial charge is 0.272 e. The number of amides is 3. The van der Waals surface area contributed by atoms with Crippen LogP contribution in [-0.2, 0) is 11.3 Å². The van der Waals surface area contributed by atoms with E-state index in [-0.39, 0.29) is 48.6 Å². The number of rotatable bonds is 5. The fraction of sp³-hybridized carbons (Fsp3) is 0.250. The summed E-state index contributed by atoms with van der Waals surface area (Å²) in [7, 11) is 0. The standard InChI is InChI=1S/C28H24FN7O4/c29-16-2-1-3-17(7-16)35-11-19-8-18(35)12-36(19)28(39)20-10-30-25-24(20)32-14-33-26(25)27(38)31-9-15-4-5-22-21(6-15)34-23(37)13-40-22/h1-7,10,14,18-19,30H,8-9,11-13H2,(H,31,38)(H,34,37)/t18-,19-/m0/s1. The monoisotopic (exact) mass is 541 g/mol. The number of hydrogen-bond acceptors (Lipinski definition) is 7. The van der Waals surface area contributed by atoms with Gasteiger partial charge in [0.05, 0.1) is 22.8 Å². The number of H-pyrrole nitrogens is 1. The molecule has 0 radical (unpaired) electrons. The van der Waals surface area contributed by atoms with Gasteiger partial charge in [-0.2, -0.15) is 0 Å². The van der Waals surface area contributed by atoms with E-state index in [9.17, 15) is 18.8 Å². The molecule has 11 nitrogen and oxygen atoms in total. The van der Waals surface area contributed by atoms with Gasteiger partial charge in [-0.25, -0.2) is 14.4 Å². The van der Waals surface area contributed by atoms with E-state index >= 15 is 0 Å². The average molecular weight is 542 g/mol. The van der Waals surface area contributed by atoms with E-state index in [1.165, 1.54) is 18.5 Å². The van der Waals surface area contributed by atoms with Gasteiger partial charge in [-0.1, -0.05) is 12.1 Å². The Bertz CT molecular complexity index is 1690. The van der Waals surface area contributed by atoms with Crippen LogP contribution < -0.4 is 20.3 Å². The van der Waals surface area contributed by atoms with Crippen molar-refractivity contribution in [3.05, 3.63) is 77.6 Å². The van der Waals surface area contributed by atoms with Gasteiger partial charge in [-0.05, 0) is 42.3 Å². The van der Waals surface area contributed by atoms with Crippen LogP contribution in [0.1, 0.15) is 32.8 Å².